The van der Waals surface area contributed by atoms with Crippen molar-refractivity contribution < 1.29 is 0 Å². The summed E-state index contributed by atoms with van der Waals surface area (Å²) in [5.41, 5.74) is 6.67. The van der Waals surface area contributed by atoms with Gasteiger partial charge in [0.1, 0.15) is 5.82 Å². The fraction of sp³-hybridized carbons (Fsp3) is 0.0455. The molecule has 3 nitrogen and oxygen atoms in total. The summed E-state index contributed by atoms with van der Waals surface area (Å²) in [6, 6.07) is 25.1. The maximum Gasteiger partial charge on any atom is 0.147 e. The van der Waals surface area contributed by atoms with Gasteiger partial charge in [0.25, 0.3) is 0 Å². The average Bonchev–Trinajstić information content (AvgIpc) is 3.12. The molecule has 4 aromatic rings. The average molecular weight is 355 g/mol. The Balaban J connectivity index is 1.71. The highest BCUT2D eigenvalue weighted by Crippen LogP contribution is 2.46. The molecule has 26 heavy (non-hydrogen) atoms. The highest BCUT2D eigenvalue weighted by molar-refractivity contribution is 8.08. The van der Waals surface area contributed by atoms with Gasteiger partial charge in [-0.15, -0.1) is 0 Å². The summed E-state index contributed by atoms with van der Waals surface area (Å²) >= 11 is 1.76. The number of aromatic nitrogens is 2. The topological polar surface area (TPSA) is 40.7 Å². The van der Waals surface area contributed by atoms with Crippen LogP contribution < -0.4 is 5.32 Å². The van der Waals surface area contributed by atoms with E-state index in [4.69, 9.17) is 4.98 Å². The van der Waals surface area contributed by atoms with Gasteiger partial charge in [0, 0.05) is 4.90 Å². The second-order valence-corrected chi connectivity index (χ2v) is 7.45. The number of imidazole rings is 1. The van der Waals surface area contributed by atoms with Gasteiger partial charge in [-0.2, -0.15) is 0 Å². The first-order valence-corrected chi connectivity index (χ1v) is 9.40. The number of hydrogen-bond donors (Lipinski definition) is 2. The van der Waals surface area contributed by atoms with Gasteiger partial charge in [-0.3, -0.25) is 0 Å². The molecule has 5 rings (SSSR count). The zero-order chi connectivity index (χ0) is 17.5. The summed E-state index contributed by atoms with van der Waals surface area (Å²) in [4.78, 5) is 10.6. The van der Waals surface area contributed by atoms with Gasteiger partial charge in [-0.1, -0.05) is 65.9 Å². The third-order valence-electron chi connectivity index (χ3n) is 4.53. The van der Waals surface area contributed by atoms with E-state index in [1.54, 1.807) is 11.8 Å². The van der Waals surface area contributed by atoms with E-state index >= 15 is 0 Å². The zero-order valence-electron chi connectivity index (χ0n) is 14.3. The Morgan fingerprint density at radius 2 is 1.62 bits per heavy atom. The van der Waals surface area contributed by atoms with E-state index in [2.05, 4.69) is 71.8 Å². The SMILES string of the molecule is Cc1ccc(C2=C(c3nc4ccccc4[nH]3)Sc3ccccc3N2)cc1. The molecule has 2 N–H and O–H groups in total. The quantitative estimate of drug-likeness (QED) is 0.469. The lowest BCUT2D eigenvalue weighted by Crippen LogP contribution is -2.07. The van der Waals surface area contributed by atoms with E-state index in [1.165, 1.54) is 10.5 Å². The van der Waals surface area contributed by atoms with E-state index < -0.39 is 0 Å². The fourth-order valence-electron chi connectivity index (χ4n) is 3.16. The fourth-order valence-corrected chi connectivity index (χ4v) is 4.22. The minimum atomic E-state index is 0.897. The van der Waals surface area contributed by atoms with Crippen LogP contribution in [0.4, 0.5) is 5.69 Å². The van der Waals surface area contributed by atoms with Gasteiger partial charge >= 0.3 is 0 Å². The molecule has 4 heteroatoms. The second-order valence-electron chi connectivity index (χ2n) is 6.40. The first kappa shape index (κ1) is 15.3. The lowest BCUT2D eigenvalue weighted by molar-refractivity contribution is 1.28. The maximum absolute atomic E-state index is 4.83. The van der Waals surface area contributed by atoms with Crippen LogP contribution in [0.3, 0.4) is 0 Å². The van der Waals surface area contributed by atoms with E-state index in [-0.39, 0.29) is 0 Å². The Labute approximate surface area is 156 Å². The number of aryl methyl sites for hydroxylation is 1. The number of para-hydroxylation sites is 3. The molecule has 2 heterocycles. The molecular formula is C22H17N3S. The molecule has 0 unspecified atom stereocenters. The summed E-state index contributed by atoms with van der Waals surface area (Å²) < 4.78 is 0. The Morgan fingerprint density at radius 1 is 0.846 bits per heavy atom. The summed E-state index contributed by atoms with van der Waals surface area (Å²) in [5.74, 6) is 0.897. The van der Waals surface area contributed by atoms with E-state index in [1.807, 2.05) is 18.2 Å². The minimum Gasteiger partial charge on any atom is -0.353 e. The van der Waals surface area contributed by atoms with Crippen LogP contribution in [0, 0.1) is 6.92 Å². The van der Waals surface area contributed by atoms with Crippen molar-refractivity contribution in [3.8, 4) is 0 Å². The summed E-state index contributed by atoms with van der Waals surface area (Å²) in [5, 5.41) is 3.62. The van der Waals surface area contributed by atoms with Gasteiger partial charge in [0.05, 0.1) is 27.3 Å². The van der Waals surface area contributed by atoms with Crippen LogP contribution in [0.2, 0.25) is 0 Å². The van der Waals surface area contributed by atoms with E-state index in [0.717, 1.165) is 38.7 Å². The summed E-state index contributed by atoms with van der Waals surface area (Å²) in [7, 11) is 0. The van der Waals surface area contributed by atoms with Crippen molar-refractivity contribution in [2.45, 2.75) is 11.8 Å². The minimum absolute atomic E-state index is 0.897. The lowest BCUT2D eigenvalue weighted by Gasteiger charge is -2.23. The molecule has 0 saturated heterocycles. The number of H-pyrrole nitrogens is 1. The monoisotopic (exact) mass is 355 g/mol. The molecule has 3 aromatic carbocycles. The molecular weight excluding hydrogens is 338 g/mol. The van der Waals surface area contributed by atoms with Crippen LogP contribution in [0.25, 0.3) is 21.6 Å². The standard InChI is InChI=1S/C22H17N3S/c1-14-10-12-15(13-11-14)20-21(26-19-9-5-4-8-18(19)23-20)22-24-16-6-2-3-7-17(16)25-22/h2-13,23H,1H3,(H,24,25). The Morgan fingerprint density at radius 3 is 2.46 bits per heavy atom. The van der Waals surface area contributed by atoms with Crippen molar-refractivity contribution in [2.24, 2.45) is 0 Å². The van der Waals surface area contributed by atoms with Crippen LogP contribution in [0.15, 0.2) is 77.7 Å². The number of rotatable bonds is 2. The number of aromatic amines is 1. The smallest absolute Gasteiger partial charge is 0.147 e. The van der Waals surface area contributed by atoms with Crippen molar-refractivity contribution in [3.05, 3.63) is 89.7 Å². The lowest BCUT2D eigenvalue weighted by atomic mass is 10.1. The van der Waals surface area contributed by atoms with Crippen LogP contribution in [0.1, 0.15) is 17.0 Å². The predicted octanol–water partition coefficient (Wildman–Crippen LogP) is 5.91. The molecule has 0 spiro atoms. The Kier molecular flexibility index (Phi) is 3.57. The third-order valence-corrected chi connectivity index (χ3v) is 5.71. The Hall–Kier alpha value is -2.98. The van der Waals surface area contributed by atoms with Crippen molar-refractivity contribution in [2.75, 3.05) is 5.32 Å². The molecule has 0 aliphatic carbocycles. The second kappa shape index (κ2) is 6.07. The van der Waals surface area contributed by atoms with Crippen molar-refractivity contribution in [1.82, 2.24) is 9.97 Å². The number of benzene rings is 3. The van der Waals surface area contributed by atoms with Gasteiger partial charge < -0.3 is 10.3 Å². The first-order valence-electron chi connectivity index (χ1n) is 8.58. The number of fused-ring (bicyclic) bond motifs is 2. The van der Waals surface area contributed by atoms with Crippen LogP contribution >= 0.6 is 11.8 Å². The largest absolute Gasteiger partial charge is 0.353 e. The highest BCUT2D eigenvalue weighted by Gasteiger charge is 2.23. The normalized spacial score (nSPS) is 13.6. The maximum atomic E-state index is 4.83. The first-order chi connectivity index (χ1) is 12.8. The summed E-state index contributed by atoms with van der Waals surface area (Å²) in [6.45, 7) is 2.11. The Bertz CT molecular complexity index is 1110. The molecule has 126 valence electrons. The highest BCUT2D eigenvalue weighted by atomic mass is 32.2. The number of anilines is 1. The molecule has 1 aromatic heterocycles. The number of nitrogens with zero attached hydrogens (tertiary/aromatic N) is 1. The van der Waals surface area contributed by atoms with Crippen LogP contribution in [-0.4, -0.2) is 9.97 Å². The molecule has 0 bridgehead atoms. The van der Waals surface area contributed by atoms with Gasteiger partial charge in [-0.05, 0) is 36.8 Å². The van der Waals surface area contributed by atoms with E-state index in [0.29, 0.717) is 0 Å². The number of hydrogen-bond acceptors (Lipinski definition) is 3. The molecule has 1 aliphatic heterocycles. The van der Waals surface area contributed by atoms with Gasteiger partial charge in [0.15, 0.2) is 0 Å². The molecule has 0 amide bonds. The number of thioether (sulfide) groups is 1. The molecule has 0 fully saturated rings. The van der Waals surface area contributed by atoms with Crippen molar-refractivity contribution >= 4 is 39.1 Å². The predicted molar refractivity (Wildman–Crippen MR) is 110 cm³/mol. The van der Waals surface area contributed by atoms with Gasteiger partial charge in [0.2, 0.25) is 0 Å². The van der Waals surface area contributed by atoms with E-state index in [9.17, 15) is 0 Å². The molecule has 0 radical (unpaired) electrons. The van der Waals surface area contributed by atoms with Crippen molar-refractivity contribution in [3.63, 3.8) is 0 Å². The zero-order valence-corrected chi connectivity index (χ0v) is 15.1. The summed E-state index contributed by atoms with van der Waals surface area (Å²) in [6.07, 6.45) is 0. The van der Waals surface area contributed by atoms with Gasteiger partial charge in [-0.25, -0.2) is 4.98 Å². The third kappa shape index (κ3) is 2.59. The van der Waals surface area contributed by atoms with Crippen molar-refractivity contribution in [1.29, 1.82) is 0 Å². The van der Waals surface area contributed by atoms with Crippen LogP contribution in [-0.2, 0) is 0 Å². The number of nitrogens with one attached hydrogen (secondary N) is 2. The molecule has 0 saturated carbocycles. The molecule has 1 aliphatic rings. The van der Waals surface area contributed by atoms with Crippen LogP contribution in [0.5, 0.6) is 0 Å². The molecule has 0 atom stereocenters.